The Morgan fingerprint density at radius 1 is 1.09 bits per heavy atom. The van der Waals surface area contributed by atoms with Crippen molar-refractivity contribution in [2.24, 2.45) is 7.05 Å². The van der Waals surface area contributed by atoms with Crippen LogP contribution < -0.4 is 5.32 Å². The van der Waals surface area contributed by atoms with Gasteiger partial charge in [-0.15, -0.1) is 0 Å². The number of ether oxygens (including phenoxy) is 1. The highest BCUT2D eigenvalue weighted by Crippen LogP contribution is 2.32. The summed E-state index contributed by atoms with van der Waals surface area (Å²) in [7, 11) is 1.77. The average Bonchev–Trinajstić information content (AvgIpc) is 3.13. The molecule has 0 aliphatic carbocycles. The first-order valence-electron chi connectivity index (χ1n) is 10.4. The standard InChI is InChI=1S/C24H26Cl2N2O4/c1-4-16(24(31)32-5-2)14-6-8-15(9-7-14)19(13-29)27-23(30)21-12-17-20(28(21)3)11-10-18(25)22(17)26/h6-12,16,19,29H,4-5,13H2,1-3H3,(H,27,30)/t16?,19-/m1/s1. The number of hydrogen-bond donors (Lipinski definition) is 2. The number of amides is 1. The molecule has 0 saturated carbocycles. The molecular formula is C24H26Cl2N2O4. The van der Waals surface area contributed by atoms with Gasteiger partial charge in [0.2, 0.25) is 0 Å². The molecule has 6 nitrogen and oxygen atoms in total. The number of benzene rings is 2. The lowest BCUT2D eigenvalue weighted by molar-refractivity contribution is -0.145. The van der Waals surface area contributed by atoms with Crippen molar-refractivity contribution < 1.29 is 19.4 Å². The lowest BCUT2D eigenvalue weighted by Gasteiger charge is -2.19. The van der Waals surface area contributed by atoms with Gasteiger partial charge in [0.1, 0.15) is 5.69 Å². The minimum absolute atomic E-state index is 0.260. The number of carbonyl (C=O) groups excluding carboxylic acids is 2. The molecular weight excluding hydrogens is 451 g/mol. The molecule has 0 radical (unpaired) electrons. The van der Waals surface area contributed by atoms with Gasteiger partial charge >= 0.3 is 5.97 Å². The minimum Gasteiger partial charge on any atom is -0.466 e. The minimum atomic E-state index is -0.615. The quantitative estimate of drug-likeness (QED) is 0.448. The van der Waals surface area contributed by atoms with E-state index in [4.69, 9.17) is 27.9 Å². The van der Waals surface area contributed by atoms with E-state index in [9.17, 15) is 14.7 Å². The SMILES string of the molecule is CCOC(=O)C(CC)c1ccc([C@@H](CO)NC(=O)c2cc3c(Cl)c(Cl)ccc3n2C)cc1. The predicted molar refractivity (Wildman–Crippen MR) is 126 cm³/mol. The normalized spacial score (nSPS) is 13.1. The number of rotatable bonds is 8. The molecule has 0 spiro atoms. The van der Waals surface area contributed by atoms with Crippen molar-refractivity contribution in [1.29, 1.82) is 0 Å². The number of carbonyl (C=O) groups is 2. The van der Waals surface area contributed by atoms with Gasteiger partial charge in [0.15, 0.2) is 0 Å². The first-order valence-corrected chi connectivity index (χ1v) is 11.2. The number of nitrogens with one attached hydrogen (secondary N) is 1. The van der Waals surface area contributed by atoms with E-state index >= 15 is 0 Å². The molecule has 170 valence electrons. The fourth-order valence-electron chi connectivity index (χ4n) is 3.78. The molecule has 0 aliphatic heterocycles. The number of esters is 1. The summed E-state index contributed by atoms with van der Waals surface area (Å²) >= 11 is 12.4. The maximum atomic E-state index is 13.0. The highest BCUT2D eigenvalue weighted by atomic mass is 35.5. The van der Waals surface area contributed by atoms with Crippen molar-refractivity contribution in [1.82, 2.24) is 9.88 Å². The zero-order chi connectivity index (χ0) is 23.4. The maximum absolute atomic E-state index is 13.0. The second-order valence-electron chi connectivity index (χ2n) is 7.47. The van der Waals surface area contributed by atoms with Gasteiger partial charge in [-0.2, -0.15) is 0 Å². The number of halogens is 2. The number of aromatic nitrogens is 1. The summed E-state index contributed by atoms with van der Waals surface area (Å²) in [4.78, 5) is 25.1. The van der Waals surface area contributed by atoms with Crippen molar-refractivity contribution in [3.63, 3.8) is 0 Å². The lowest BCUT2D eigenvalue weighted by atomic mass is 9.94. The molecule has 2 aromatic carbocycles. The summed E-state index contributed by atoms with van der Waals surface area (Å²) in [6.45, 7) is 3.75. The number of nitrogens with zero attached hydrogens (tertiary/aromatic N) is 1. The van der Waals surface area contributed by atoms with Crippen LogP contribution in [0, 0.1) is 0 Å². The van der Waals surface area contributed by atoms with Gasteiger partial charge in [-0.25, -0.2) is 0 Å². The van der Waals surface area contributed by atoms with Crippen LogP contribution in [0.25, 0.3) is 10.9 Å². The lowest BCUT2D eigenvalue weighted by Crippen LogP contribution is -2.32. The first kappa shape index (κ1) is 24.1. The van der Waals surface area contributed by atoms with E-state index in [1.165, 1.54) is 0 Å². The Labute approximate surface area is 197 Å². The van der Waals surface area contributed by atoms with Gasteiger partial charge in [0.05, 0.1) is 35.2 Å². The van der Waals surface area contributed by atoms with Crippen LogP contribution in [-0.4, -0.2) is 34.8 Å². The van der Waals surface area contributed by atoms with Crippen LogP contribution >= 0.6 is 23.2 Å². The number of aliphatic hydroxyl groups excluding tert-OH is 1. The Morgan fingerprint density at radius 3 is 2.34 bits per heavy atom. The van der Waals surface area contributed by atoms with Crippen LogP contribution in [-0.2, 0) is 16.6 Å². The van der Waals surface area contributed by atoms with Crippen LogP contribution in [0.1, 0.15) is 53.8 Å². The van der Waals surface area contributed by atoms with Crippen molar-refractivity contribution in [3.05, 3.63) is 69.3 Å². The molecule has 1 unspecified atom stereocenters. The molecule has 2 N–H and O–H groups in total. The summed E-state index contributed by atoms with van der Waals surface area (Å²) in [6, 6.07) is 11.8. The Balaban J connectivity index is 1.81. The van der Waals surface area contributed by atoms with Gasteiger partial charge in [-0.3, -0.25) is 9.59 Å². The Hall–Kier alpha value is -2.54. The molecule has 0 aliphatic rings. The summed E-state index contributed by atoms with van der Waals surface area (Å²) < 4.78 is 6.88. The smallest absolute Gasteiger partial charge is 0.313 e. The molecule has 3 aromatic rings. The predicted octanol–water partition coefficient (Wildman–Crippen LogP) is 5.01. The average molecular weight is 477 g/mol. The Morgan fingerprint density at radius 2 is 1.75 bits per heavy atom. The second kappa shape index (κ2) is 10.4. The summed E-state index contributed by atoms with van der Waals surface area (Å²) in [5.74, 6) is -0.959. The highest BCUT2D eigenvalue weighted by Gasteiger charge is 2.22. The van der Waals surface area contributed by atoms with E-state index in [2.05, 4.69) is 5.32 Å². The molecule has 2 atom stereocenters. The van der Waals surface area contributed by atoms with Crippen molar-refractivity contribution in [2.45, 2.75) is 32.2 Å². The second-order valence-corrected chi connectivity index (χ2v) is 8.26. The number of aryl methyl sites for hydroxylation is 1. The van der Waals surface area contributed by atoms with Gasteiger partial charge < -0.3 is 19.7 Å². The zero-order valence-corrected chi connectivity index (χ0v) is 19.7. The van der Waals surface area contributed by atoms with Crippen LogP contribution in [0.15, 0.2) is 42.5 Å². The largest absolute Gasteiger partial charge is 0.466 e. The third-order valence-corrected chi connectivity index (χ3v) is 6.37. The first-order chi connectivity index (χ1) is 15.3. The summed E-state index contributed by atoms with van der Waals surface area (Å²) in [6.07, 6.45) is 0.617. The summed E-state index contributed by atoms with van der Waals surface area (Å²) in [5.41, 5.74) is 2.73. The third kappa shape index (κ3) is 4.77. The number of hydrogen-bond acceptors (Lipinski definition) is 4. The fourth-order valence-corrected chi connectivity index (χ4v) is 4.15. The Bertz CT molecular complexity index is 1130. The topological polar surface area (TPSA) is 80.6 Å². The van der Waals surface area contributed by atoms with E-state index < -0.39 is 6.04 Å². The molecule has 0 saturated heterocycles. The molecule has 0 fully saturated rings. The monoisotopic (exact) mass is 476 g/mol. The molecule has 0 bridgehead atoms. The van der Waals surface area contributed by atoms with Gasteiger partial charge in [-0.1, -0.05) is 54.4 Å². The van der Waals surface area contributed by atoms with Gasteiger partial charge in [0.25, 0.3) is 5.91 Å². The van der Waals surface area contributed by atoms with Crippen molar-refractivity contribution >= 4 is 46.0 Å². The summed E-state index contributed by atoms with van der Waals surface area (Å²) in [5, 5.41) is 14.3. The van der Waals surface area contributed by atoms with Crippen LogP contribution in [0.4, 0.5) is 0 Å². The molecule has 1 amide bonds. The number of fused-ring (bicyclic) bond motifs is 1. The molecule has 1 aromatic heterocycles. The van der Waals surface area contributed by atoms with Crippen molar-refractivity contribution in [3.8, 4) is 0 Å². The van der Waals surface area contributed by atoms with E-state index in [0.29, 0.717) is 34.2 Å². The highest BCUT2D eigenvalue weighted by molar-refractivity contribution is 6.45. The molecule has 8 heteroatoms. The Kier molecular flexibility index (Phi) is 7.82. The van der Waals surface area contributed by atoms with E-state index in [0.717, 1.165) is 16.6 Å². The van der Waals surface area contributed by atoms with Gasteiger partial charge in [0, 0.05) is 18.0 Å². The zero-order valence-electron chi connectivity index (χ0n) is 18.2. The van der Waals surface area contributed by atoms with Crippen LogP contribution in [0.5, 0.6) is 0 Å². The van der Waals surface area contributed by atoms with E-state index in [1.54, 1.807) is 48.9 Å². The van der Waals surface area contributed by atoms with E-state index in [1.807, 2.05) is 19.1 Å². The van der Waals surface area contributed by atoms with Crippen LogP contribution in [0.3, 0.4) is 0 Å². The maximum Gasteiger partial charge on any atom is 0.313 e. The van der Waals surface area contributed by atoms with Crippen molar-refractivity contribution in [2.75, 3.05) is 13.2 Å². The van der Waals surface area contributed by atoms with Crippen LogP contribution in [0.2, 0.25) is 10.0 Å². The molecule has 1 heterocycles. The van der Waals surface area contributed by atoms with Gasteiger partial charge in [-0.05, 0) is 42.7 Å². The van der Waals surface area contributed by atoms with E-state index in [-0.39, 0.29) is 24.4 Å². The fraction of sp³-hybridized carbons (Fsp3) is 0.333. The number of aliphatic hydroxyl groups is 1. The third-order valence-electron chi connectivity index (χ3n) is 5.55. The molecule has 32 heavy (non-hydrogen) atoms. The molecule has 3 rings (SSSR count).